The molecule has 23 heavy (non-hydrogen) atoms. The number of benzene rings is 2. The Kier molecular flexibility index (Phi) is 4.75. The van der Waals surface area contributed by atoms with Crippen LogP contribution in [0, 0.1) is 12.7 Å². The predicted molar refractivity (Wildman–Crippen MR) is 91.3 cm³/mol. The van der Waals surface area contributed by atoms with Crippen molar-refractivity contribution in [2.45, 2.75) is 25.4 Å². The third-order valence-corrected chi connectivity index (χ3v) is 4.40. The maximum absolute atomic E-state index is 13.8. The summed E-state index contributed by atoms with van der Waals surface area (Å²) in [7, 11) is 0. The first kappa shape index (κ1) is 16.1. The fourth-order valence-corrected chi connectivity index (χ4v) is 2.85. The van der Waals surface area contributed by atoms with Crippen LogP contribution >= 0.6 is 15.9 Å². The minimum Gasteiger partial charge on any atom is -0.322 e. The Hall–Kier alpha value is -1.76. The molecule has 3 rings (SSSR count). The van der Waals surface area contributed by atoms with Gasteiger partial charge in [-0.3, -0.25) is 4.79 Å². The van der Waals surface area contributed by atoms with Gasteiger partial charge >= 0.3 is 0 Å². The minimum atomic E-state index is -0.422. The molecular formula is C17H17BrFN3O. The molecule has 0 bridgehead atoms. The van der Waals surface area contributed by atoms with E-state index in [1.165, 1.54) is 6.07 Å². The summed E-state index contributed by atoms with van der Waals surface area (Å²) in [5, 5.41) is 2.64. The van der Waals surface area contributed by atoms with Gasteiger partial charge in [0.1, 0.15) is 11.9 Å². The number of hydrogen-bond acceptors (Lipinski definition) is 3. The van der Waals surface area contributed by atoms with Crippen molar-refractivity contribution in [3.8, 4) is 0 Å². The third-order valence-electron chi connectivity index (χ3n) is 3.87. The summed E-state index contributed by atoms with van der Waals surface area (Å²) in [4.78, 5) is 12.3. The van der Waals surface area contributed by atoms with Gasteiger partial charge in [-0.2, -0.15) is 0 Å². The second kappa shape index (κ2) is 6.78. The van der Waals surface area contributed by atoms with Crippen molar-refractivity contribution in [3.63, 3.8) is 0 Å². The quantitative estimate of drug-likeness (QED) is 0.767. The van der Waals surface area contributed by atoms with Gasteiger partial charge in [-0.25, -0.2) is 15.2 Å². The largest absolute Gasteiger partial charge is 0.322 e. The fourth-order valence-electron chi connectivity index (χ4n) is 2.58. The minimum absolute atomic E-state index is 0.0433. The summed E-state index contributed by atoms with van der Waals surface area (Å²) in [5.41, 5.74) is 8.20. The van der Waals surface area contributed by atoms with Gasteiger partial charge in [-0.05, 0) is 48.7 Å². The van der Waals surface area contributed by atoms with Crippen LogP contribution in [-0.4, -0.2) is 11.9 Å². The molecule has 0 aliphatic carbocycles. The van der Waals surface area contributed by atoms with Crippen molar-refractivity contribution in [3.05, 3.63) is 63.9 Å². The summed E-state index contributed by atoms with van der Waals surface area (Å²) in [6.45, 7) is 1.81. The molecule has 1 aliphatic heterocycles. The highest BCUT2D eigenvalue weighted by atomic mass is 79.9. The molecule has 6 heteroatoms. The van der Waals surface area contributed by atoms with Gasteiger partial charge in [-0.1, -0.05) is 34.1 Å². The smallest absolute Gasteiger partial charge is 0.243 e. The number of anilines is 1. The van der Waals surface area contributed by atoms with Crippen LogP contribution in [0.4, 0.5) is 10.1 Å². The molecule has 1 heterocycles. The molecule has 0 spiro atoms. The molecule has 1 amide bonds. The first-order chi connectivity index (χ1) is 11.0. The monoisotopic (exact) mass is 377 g/mol. The zero-order chi connectivity index (χ0) is 16.4. The number of hydrogen-bond donors (Lipinski definition) is 3. The van der Waals surface area contributed by atoms with E-state index in [9.17, 15) is 9.18 Å². The lowest BCUT2D eigenvalue weighted by Gasteiger charge is -2.11. The third kappa shape index (κ3) is 3.77. The van der Waals surface area contributed by atoms with Gasteiger partial charge in [0.05, 0.1) is 5.69 Å². The molecule has 2 aromatic rings. The SMILES string of the molecule is Cc1ccc(NC(=O)C2CC(c3ccc(Br)cc3)NN2)c(F)c1. The topological polar surface area (TPSA) is 53.2 Å². The number of aryl methyl sites for hydroxylation is 1. The number of carbonyl (C=O) groups excluding carboxylic acids is 1. The molecule has 120 valence electrons. The van der Waals surface area contributed by atoms with Gasteiger partial charge in [0.15, 0.2) is 0 Å². The number of rotatable bonds is 3. The molecule has 1 saturated heterocycles. The van der Waals surface area contributed by atoms with Crippen LogP contribution < -0.4 is 16.2 Å². The molecule has 1 fully saturated rings. The molecule has 2 unspecified atom stereocenters. The molecule has 3 N–H and O–H groups in total. The van der Waals surface area contributed by atoms with Gasteiger partial charge < -0.3 is 5.32 Å². The molecule has 1 aliphatic rings. The van der Waals surface area contributed by atoms with Crippen molar-refractivity contribution in [1.82, 2.24) is 10.9 Å². The molecule has 0 saturated carbocycles. The molecule has 4 nitrogen and oxygen atoms in total. The lowest BCUT2D eigenvalue weighted by molar-refractivity contribution is -0.117. The van der Waals surface area contributed by atoms with Crippen molar-refractivity contribution < 1.29 is 9.18 Å². The second-order valence-corrected chi connectivity index (χ2v) is 6.57. The average molecular weight is 378 g/mol. The second-order valence-electron chi connectivity index (χ2n) is 5.65. The number of carbonyl (C=O) groups is 1. The van der Waals surface area contributed by atoms with Gasteiger partial charge in [0.2, 0.25) is 5.91 Å². The summed E-state index contributed by atoms with van der Waals surface area (Å²) in [5.74, 6) is -0.673. The maximum atomic E-state index is 13.8. The van der Waals surface area contributed by atoms with Crippen molar-refractivity contribution >= 4 is 27.5 Å². The Labute approximate surface area is 142 Å². The fraction of sp³-hybridized carbons (Fsp3) is 0.235. The predicted octanol–water partition coefficient (Wildman–Crippen LogP) is 3.44. The van der Waals surface area contributed by atoms with Crippen LogP contribution in [0.1, 0.15) is 23.6 Å². The number of amides is 1. The highest BCUT2D eigenvalue weighted by molar-refractivity contribution is 9.10. The Bertz CT molecular complexity index is 720. The van der Waals surface area contributed by atoms with Crippen LogP contribution in [0.3, 0.4) is 0 Å². The van der Waals surface area contributed by atoms with E-state index in [1.54, 1.807) is 19.1 Å². The highest BCUT2D eigenvalue weighted by Crippen LogP contribution is 2.24. The lowest BCUT2D eigenvalue weighted by atomic mass is 10.0. The number of nitrogens with one attached hydrogen (secondary N) is 3. The van der Waals surface area contributed by atoms with E-state index in [0.29, 0.717) is 6.42 Å². The zero-order valence-corrected chi connectivity index (χ0v) is 14.2. The first-order valence-electron chi connectivity index (χ1n) is 7.36. The number of halogens is 2. The van der Waals surface area contributed by atoms with Crippen LogP contribution in [0.2, 0.25) is 0 Å². The Morgan fingerprint density at radius 3 is 2.65 bits per heavy atom. The van der Waals surface area contributed by atoms with Gasteiger partial charge in [-0.15, -0.1) is 0 Å². The van der Waals surface area contributed by atoms with Crippen molar-refractivity contribution in [2.75, 3.05) is 5.32 Å². The van der Waals surface area contributed by atoms with Crippen LogP contribution in [0.25, 0.3) is 0 Å². The van der Waals surface area contributed by atoms with Crippen molar-refractivity contribution in [1.29, 1.82) is 0 Å². The Balaban J connectivity index is 1.64. The van der Waals surface area contributed by atoms with E-state index in [4.69, 9.17) is 0 Å². The maximum Gasteiger partial charge on any atom is 0.243 e. The summed E-state index contributed by atoms with van der Waals surface area (Å²) in [6.07, 6.45) is 0.598. The van der Waals surface area contributed by atoms with Gasteiger partial charge in [0, 0.05) is 10.5 Å². The van der Waals surface area contributed by atoms with Crippen molar-refractivity contribution in [2.24, 2.45) is 0 Å². The zero-order valence-electron chi connectivity index (χ0n) is 12.6. The van der Waals surface area contributed by atoms with Crippen LogP contribution in [0.15, 0.2) is 46.9 Å². The van der Waals surface area contributed by atoms with E-state index in [2.05, 4.69) is 32.1 Å². The highest BCUT2D eigenvalue weighted by Gasteiger charge is 2.30. The van der Waals surface area contributed by atoms with E-state index in [-0.39, 0.29) is 17.6 Å². The lowest BCUT2D eigenvalue weighted by Crippen LogP contribution is -2.39. The van der Waals surface area contributed by atoms with E-state index < -0.39 is 11.9 Å². The summed E-state index contributed by atoms with van der Waals surface area (Å²) >= 11 is 3.40. The normalized spacial score (nSPS) is 20.5. The Morgan fingerprint density at radius 2 is 1.96 bits per heavy atom. The first-order valence-corrected chi connectivity index (χ1v) is 8.16. The van der Waals surface area contributed by atoms with E-state index in [1.807, 2.05) is 24.3 Å². The van der Waals surface area contributed by atoms with Gasteiger partial charge in [0.25, 0.3) is 0 Å². The molecule has 2 atom stereocenters. The van der Waals surface area contributed by atoms with Crippen LogP contribution in [-0.2, 0) is 4.79 Å². The molecule has 2 aromatic carbocycles. The summed E-state index contributed by atoms with van der Waals surface area (Å²) in [6, 6.07) is 12.3. The molecule has 0 radical (unpaired) electrons. The summed E-state index contributed by atoms with van der Waals surface area (Å²) < 4.78 is 14.8. The number of hydrazine groups is 1. The van der Waals surface area contributed by atoms with E-state index in [0.717, 1.165) is 15.6 Å². The van der Waals surface area contributed by atoms with Crippen LogP contribution in [0.5, 0.6) is 0 Å². The molecular weight excluding hydrogens is 361 g/mol. The van der Waals surface area contributed by atoms with E-state index >= 15 is 0 Å². The Morgan fingerprint density at radius 1 is 1.22 bits per heavy atom. The molecule has 0 aromatic heterocycles. The standard InChI is InChI=1S/C17H17BrFN3O/c1-10-2-7-14(13(19)8-10)20-17(23)16-9-15(21-22-16)11-3-5-12(18)6-4-11/h2-8,15-16,21-22H,9H2,1H3,(H,20,23). The average Bonchev–Trinajstić information content (AvgIpc) is 3.01.